The van der Waals surface area contributed by atoms with E-state index in [0.29, 0.717) is 16.6 Å². The van der Waals surface area contributed by atoms with Crippen molar-refractivity contribution < 1.29 is 14.3 Å². The second-order valence-electron chi connectivity index (χ2n) is 5.87. The highest BCUT2D eigenvalue weighted by Gasteiger charge is 2.23. The normalized spacial score (nSPS) is 11.8. The molecule has 3 aromatic rings. The van der Waals surface area contributed by atoms with Crippen LogP contribution in [0.5, 0.6) is 0 Å². The van der Waals surface area contributed by atoms with Gasteiger partial charge in [-0.25, -0.2) is 4.79 Å². The summed E-state index contributed by atoms with van der Waals surface area (Å²) in [7, 11) is 1.61. The highest BCUT2D eigenvalue weighted by atomic mass is 16.5. The number of hydrogen-bond donors (Lipinski definition) is 1. The molecule has 1 atom stereocenters. The number of H-pyrrole nitrogens is 1. The first-order chi connectivity index (χ1) is 12.5. The van der Waals surface area contributed by atoms with Crippen LogP contribution in [0, 0.1) is 0 Å². The lowest BCUT2D eigenvalue weighted by atomic mass is 10.2. The third kappa shape index (κ3) is 3.49. The predicted octanol–water partition coefficient (Wildman–Crippen LogP) is 2.74. The Balaban J connectivity index is 1.77. The van der Waals surface area contributed by atoms with Crippen LogP contribution in [0.3, 0.4) is 0 Å². The fourth-order valence-electron chi connectivity index (χ4n) is 2.63. The largest absolute Gasteiger partial charge is 0.448 e. The number of anilines is 1. The van der Waals surface area contributed by atoms with Crippen LogP contribution in [0.1, 0.15) is 17.4 Å². The smallest absolute Gasteiger partial charge is 0.355 e. The molecule has 0 unspecified atom stereocenters. The Hall–Kier alpha value is -3.41. The number of amides is 1. The van der Waals surface area contributed by atoms with Gasteiger partial charge in [0.25, 0.3) is 5.91 Å². The lowest BCUT2D eigenvalue weighted by Gasteiger charge is -2.21. The summed E-state index contributed by atoms with van der Waals surface area (Å²) in [5.41, 5.74) is 0.953. The van der Waals surface area contributed by atoms with Gasteiger partial charge in [-0.1, -0.05) is 30.3 Å². The van der Waals surface area contributed by atoms with Crippen LogP contribution in [0.15, 0.2) is 65.5 Å². The minimum absolute atomic E-state index is 0.00992. The Kier molecular flexibility index (Phi) is 4.84. The maximum Gasteiger partial charge on any atom is 0.355 e. The summed E-state index contributed by atoms with van der Waals surface area (Å²) in [6.45, 7) is 1.50. The summed E-state index contributed by atoms with van der Waals surface area (Å²) in [5.74, 6) is -1.12. The number of hydrogen-bond acceptors (Lipinski definition) is 4. The molecule has 132 valence electrons. The SMILES string of the molecule is C[C@H](OC(=O)c1cc(=O)c2ccccc2[nH]1)C(=O)N(C)c1ccccc1. The first-order valence-corrected chi connectivity index (χ1v) is 8.13. The molecule has 6 nitrogen and oxygen atoms in total. The number of benzene rings is 2. The van der Waals surface area contributed by atoms with E-state index in [-0.39, 0.29) is 17.0 Å². The van der Waals surface area contributed by atoms with Crippen molar-refractivity contribution in [3.8, 4) is 0 Å². The highest BCUT2D eigenvalue weighted by Crippen LogP contribution is 2.14. The van der Waals surface area contributed by atoms with Gasteiger partial charge in [-0.2, -0.15) is 0 Å². The van der Waals surface area contributed by atoms with Crippen LogP contribution in [0.4, 0.5) is 5.69 Å². The van der Waals surface area contributed by atoms with Gasteiger partial charge in [0.2, 0.25) is 0 Å². The van der Waals surface area contributed by atoms with E-state index in [1.54, 1.807) is 43.4 Å². The number of aromatic nitrogens is 1. The van der Waals surface area contributed by atoms with Crippen molar-refractivity contribution >= 4 is 28.5 Å². The number of para-hydroxylation sites is 2. The predicted molar refractivity (Wildman–Crippen MR) is 99.3 cm³/mol. The van der Waals surface area contributed by atoms with E-state index >= 15 is 0 Å². The molecule has 1 aromatic heterocycles. The molecule has 0 saturated heterocycles. The second-order valence-corrected chi connectivity index (χ2v) is 5.87. The molecular formula is C20H18N2O4. The number of esters is 1. The summed E-state index contributed by atoms with van der Waals surface area (Å²) >= 11 is 0. The summed E-state index contributed by atoms with van der Waals surface area (Å²) < 4.78 is 5.24. The zero-order valence-corrected chi connectivity index (χ0v) is 14.4. The van der Waals surface area contributed by atoms with Crippen molar-refractivity contribution in [1.29, 1.82) is 0 Å². The highest BCUT2D eigenvalue weighted by molar-refractivity contribution is 5.98. The first-order valence-electron chi connectivity index (χ1n) is 8.13. The van der Waals surface area contributed by atoms with Crippen LogP contribution in [-0.4, -0.2) is 30.0 Å². The third-order valence-corrected chi connectivity index (χ3v) is 4.06. The molecule has 3 rings (SSSR count). The molecular weight excluding hydrogens is 332 g/mol. The van der Waals surface area contributed by atoms with E-state index in [0.717, 1.165) is 0 Å². The van der Waals surface area contributed by atoms with Crippen LogP contribution in [0.25, 0.3) is 10.9 Å². The van der Waals surface area contributed by atoms with Gasteiger partial charge in [-0.15, -0.1) is 0 Å². The molecule has 1 N–H and O–H groups in total. The number of ether oxygens (including phenoxy) is 1. The molecule has 0 saturated carbocycles. The number of carbonyl (C=O) groups excluding carboxylic acids is 2. The Morgan fingerprint density at radius 2 is 1.69 bits per heavy atom. The van der Waals surface area contributed by atoms with E-state index in [1.807, 2.05) is 18.2 Å². The van der Waals surface area contributed by atoms with Crippen molar-refractivity contribution in [2.75, 3.05) is 11.9 Å². The summed E-state index contributed by atoms with van der Waals surface area (Å²) in [4.78, 5) is 41.2. The van der Waals surface area contributed by atoms with Gasteiger partial charge in [0, 0.05) is 29.7 Å². The van der Waals surface area contributed by atoms with E-state index < -0.39 is 12.1 Å². The Labute approximate surface area is 150 Å². The standard InChI is InChI=1S/C20H18N2O4/c1-13(19(24)22(2)14-8-4-3-5-9-14)26-20(25)17-12-18(23)15-10-6-7-11-16(15)21-17/h3-13H,1-2H3,(H,21,23)/t13-/m0/s1. The third-order valence-electron chi connectivity index (χ3n) is 4.06. The van der Waals surface area contributed by atoms with Crippen LogP contribution in [-0.2, 0) is 9.53 Å². The molecule has 1 amide bonds. The molecule has 1 heterocycles. The number of nitrogens with zero attached hydrogens (tertiary/aromatic N) is 1. The average Bonchev–Trinajstić information content (AvgIpc) is 2.67. The van der Waals surface area contributed by atoms with E-state index in [4.69, 9.17) is 4.74 Å². The summed E-state index contributed by atoms with van der Waals surface area (Å²) in [5, 5.41) is 0.483. The van der Waals surface area contributed by atoms with E-state index in [1.165, 1.54) is 17.9 Å². The molecule has 0 fully saturated rings. The van der Waals surface area contributed by atoms with Crippen molar-refractivity contribution in [2.24, 2.45) is 0 Å². The quantitative estimate of drug-likeness (QED) is 0.734. The van der Waals surface area contributed by atoms with Crippen LogP contribution in [0.2, 0.25) is 0 Å². The van der Waals surface area contributed by atoms with Crippen molar-refractivity contribution in [2.45, 2.75) is 13.0 Å². The maximum absolute atomic E-state index is 12.5. The van der Waals surface area contributed by atoms with Gasteiger partial charge in [-0.3, -0.25) is 9.59 Å². The number of aromatic amines is 1. The molecule has 0 radical (unpaired) electrons. The average molecular weight is 350 g/mol. The van der Waals surface area contributed by atoms with Crippen molar-refractivity contribution in [3.05, 3.63) is 76.6 Å². The summed E-state index contributed by atoms with van der Waals surface area (Å²) in [6.07, 6.45) is -0.998. The number of likely N-dealkylation sites (N-methyl/N-ethyl adjacent to an activating group) is 1. The van der Waals surface area contributed by atoms with Gasteiger partial charge in [0.05, 0.1) is 0 Å². The number of rotatable bonds is 4. The molecule has 0 spiro atoms. The van der Waals surface area contributed by atoms with E-state index in [2.05, 4.69) is 4.98 Å². The van der Waals surface area contributed by atoms with Crippen LogP contribution >= 0.6 is 0 Å². The molecule has 0 bridgehead atoms. The van der Waals surface area contributed by atoms with Crippen molar-refractivity contribution in [1.82, 2.24) is 4.98 Å². The fraction of sp³-hybridized carbons (Fsp3) is 0.150. The molecule has 0 aliphatic rings. The van der Waals surface area contributed by atoms with Crippen LogP contribution < -0.4 is 10.3 Å². The monoisotopic (exact) mass is 350 g/mol. The number of nitrogens with one attached hydrogen (secondary N) is 1. The van der Waals surface area contributed by atoms with E-state index in [9.17, 15) is 14.4 Å². The molecule has 2 aromatic carbocycles. The van der Waals surface area contributed by atoms with Crippen molar-refractivity contribution in [3.63, 3.8) is 0 Å². The molecule has 0 aliphatic carbocycles. The lowest BCUT2D eigenvalue weighted by Crippen LogP contribution is -2.37. The Morgan fingerprint density at radius 1 is 1.04 bits per heavy atom. The molecule has 0 aliphatic heterocycles. The molecule has 26 heavy (non-hydrogen) atoms. The number of fused-ring (bicyclic) bond motifs is 1. The van der Waals surface area contributed by atoms with Gasteiger partial charge in [0.1, 0.15) is 5.69 Å². The molecule has 6 heteroatoms. The number of carbonyl (C=O) groups is 2. The summed E-state index contributed by atoms with van der Waals surface area (Å²) in [6, 6.07) is 17.1. The Morgan fingerprint density at radius 3 is 2.42 bits per heavy atom. The minimum Gasteiger partial charge on any atom is -0.448 e. The zero-order valence-electron chi connectivity index (χ0n) is 14.4. The van der Waals surface area contributed by atoms with Gasteiger partial charge < -0.3 is 14.6 Å². The Bertz CT molecular complexity index is 1010. The van der Waals surface area contributed by atoms with Gasteiger partial charge >= 0.3 is 5.97 Å². The topological polar surface area (TPSA) is 79.5 Å². The van der Waals surface area contributed by atoms with Gasteiger partial charge in [0.15, 0.2) is 11.5 Å². The van der Waals surface area contributed by atoms with Gasteiger partial charge in [-0.05, 0) is 31.2 Å². The lowest BCUT2D eigenvalue weighted by molar-refractivity contribution is -0.126. The second kappa shape index (κ2) is 7.23. The number of pyridine rings is 1. The fourth-order valence-corrected chi connectivity index (χ4v) is 2.63. The minimum atomic E-state index is -0.998. The zero-order chi connectivity index (χ0) is 18.7. The first kappa shape index (κ1) is 17.4. The maximum atomic E-state index is 12.5.